The normalized spacial score (nSPS) is 21.2. The van der Waals surface area contributed by atoms with Gasteiger partial charge in [0.25, 0.3) is 0 Å². The molecule has 33 heavy (non-hydrogen) atoms. The van der Waals surface area contributed by atoms with E-state index in [9.17, 15) is 8.42 Å². The van der Waals surface area contributed by atoms with Gasteiger partial charge in [-0.15, -0.1) is 0 Å². The first-order valence-corrected chi connectivity index (χ1v) is 12.8. The van der Waals surface area contributed by atoms with Crippen molar-refractivity contribution in [1.82, 2.24) is 4.72 Å². The van der Waals surface area contributed by atoms with Gasteiger partial charge in [0.05, 0.1) is 18.0 Å². The number of ether oxygens (including phenoxy) is 1. The molecule has 2 aliphatic rings. The third kappa shape index (κ3) is 4.41. The Morgan fingerprint density at radius 3 is 2.70 bits per heavy atom. The lowest BCUT2D eigenvalue weighted by molar-refractivity contribution is 0.406. The quantitative estimate of drug-likeness (QED) is 0.485. The lowest BCUT2D eigenvalue weighted by Gasteiger charge is -2.37. The molecule has 1 heterocycles. The van der Waals surface area contributed by atoms with Crippen LogP contribution >= 0.6 is 0 Å². The topological polar surface area (TPSA) is 67.4 Å². The van der Waals surface area contributed by atoms with Crippen LogP contribution in [0, 0.1) is 5.92 Å². The minimum atomic E-state index is -3.59. The van der Waals surface area contributed by atoms with E-state index in [1.807, 2.05) is 54.6 Å². The highest BCUT2D eigenvalue weighted by Gasteiger charge is 2.38. The highest BCUT2D eigenvalue weighted by molar-refractivity contribution is 7.89. The molecule has 3 aromatic carbocycles. The first-order chi connectivity index (χ1) is 16.0. The van der Waals surface area contributed by atoms with E-state index >= 15 is 0 Å². The van der Waals surface area contributed by atoms with E-state index in [2.05, 4.69) is 34.3 Å². The van der Waals surface area contributed by atoms with Crippen LogP contribution in [0.15, 0.2) is 89.8 Å². The molecule has 2 N–H and O–H groups in total. The number of hydrogen-bond acceptors (Lipinski definition) is 4. The standard InChI is InChI=1S/C27H28N2O3S/c1-32-21-10-5-9-20(17-21)27-24-12-6-11-23(24)25-18-22(13-14-26(25)29-27)33(30,31)28-16-15-19-7-3-2-4-8-19/h2-11,13-14,17-18,23-24,27-29H,12,15-16H2,1H3. The van der Waals surface area contributed by atoms with Crippen LogP contribution in [0.3, 0.4) is 0 Å². The second-order valence-electron chi connectivity index (χ2n) is 8.63. The second kappa shape index (κ2) is 9.04. The summed E-state index contributed by atoms with van der Waals surface area (Å²) in [6.07, 6.45) is 6.03. The third-order valence-corrected chi connectivity index (χ3v) is 8.10. The van der Waals surface area contributed by atoms with Crippen molar-refractivity contribution in [2.75, 3.05) is 19.0 Å². The Morgan fingerprint density at radius 1 is 1.03 bits per heavy atom. The second-order valence-corrected chi connectivity index (χ2v) is 10.4. The Morgan fingerprint density at radius 2 is 1.88 bits per heavy atom. The van der Waals surface area contributed by atoms with Crippen LogP contribution in [0.5, 0.6) is 5.75 Å². The van der Waals surface area contributed by atoms with E-state index in [-0.39, 0.29) is 12.0 Å². The summed E-state index contributed by atoms with van der Waals surface area (Å²) < 4.78 is 34.2. The maximum absolute atomic E-state index is 13.0. The van der Waals surface area contributed by atoms with E-state index in [0.29, 0.717) is 23.8 Å². The van der Waals surface area contributed by atoms with Crippen molar-refractivity contribution in [2.24, 2.45) is 5.92 Å². The van der Waals surface area contributed by atoms with Crippen molar-refractivity contribution < 1.29 is 13.2 Å². The summed E-state index contributed by atoms with van der Waals surface area (Å²) in [7, 11) is -1.91. The molecule has 0 spiro atoms. The van der Waals surface area contributed by atoms with Gasteiger partial charge in [-0.05, 0) is 65.8 Å². The average molecular weight is 461 g/mol. The Balaban J connectivity index is 1.38. The van der Waals surface area contributed by atoms with Crippen molar-refractivity contribution in [2.45, 2.75) is 29.7 Å². The largest absolute Gasteiger partial charge is 0.497 e. The highest BCUT2D eigenvalue weighted by atomic mass is 32.2. The number of allylic oxidation sites excluding steroid dienone is 2. The van der Waals surface area contributed by atoms with Gasteiger partial charge >= 0.3 is 0 Å². The van der Waals surface area contributed by atoms with Gasteiger partial charge in [-0.2, -0.15) is 0 Å². The maximum atomic E-state index is 13.0. The number of fused-ring (bicyclic) bond motifs is 3. The molecule has 1 aliphatic heterocycles. The van der Waals surface area contributed by atoms with Crippen molar-refractivity contribution in [3.05, 3.63) is 102 Å². The minimum absolute atomic E-state index is 0.138. The Labute approximate surface area is 195 Å². The van der Waals surface area contributed by atoms with Crippen molar-refractivity contribution in [1.29, 1.82) is 0 Å². The summed E-state index contributed by atoms with van der Waals surface area (Å²) in [5, 5.41) is 3.67. The summed E-state index contributed by atoms with van der Waals surface area (Å²) >= 11 is 0. The predicted molar refractivity (Wildman–Crippen MR) is 131 cm³/mol. The van der Waals surface area contributed by atoms with Crippen LogP contribution in [0.1, 0.15) is 35.1 Å². The number of anilines is 1. The van der Waals surface area contributed by atoms with Crippen LogP contribution in [0.4, 0.5) is 5.69 Å². The van der Waals surface area contributed by atoms with Gasteiger partial charge in [0, 0.05) is 18.2 Å². The summed E-state index contributed by atoms with van der Waals surface area (Å²) in [5.74, 6) is 1.34. The fraction of sp³-hybridized carbons (Fsp3) is 0.259. The first kappa shape index (κ1) is 21.7. The van der Waals surface area contributed by atoms with Crippen molar-refractivity contribution in [3.8, 4) is 5.75 Å². The summed E-state index contributed by atoms with van der Waals surface area (Å²) in [5.41, 5.74) is 4.31. The Bertz CT molecular complexity index is 1270. The molecule has 0 radical (unpaired) electrons. The molecule has 1 aliphatic carbocycles. The monoisotopic (exact) mass is 460 g/mol. The predicted octanol–water partition coefficient (Wildman–Crippen LogP) is 5.04. The molecule has 3 aromatic rings. The van der Waals surface area contributed by atoms with Gasteiger partial charge < -0.3 is 10.1 Å². The molecule has 0 amide bonds. The van der Waals surface area contributed by atoms with Crippen molar-refractivity contribution >= 4 is 15.7 Å². The average Bonchev–Trinajstić information content (AvgIpc) is 3.34. The summed E-state index contributed by atoms with van der Waals surface area (Å²) in [6, 6.07) is 23.6. The van der Waals surface area contributed by atoms with E-state index in [0.717, 1.165) is 29.0 Å². The molecule has 0 aromatic heterocycles. The number of rotatable bonds is 7. The SMILES string of the molecule is COc1cccc(C2Nc3ccc(S(=O)(=O)NCCc4ccccc4)cc3C3C=CCC32)c1. The van der Waals surface area contributed by atoms with E-state index < -0.39 is 10.0 Å². The zero-order chi connectivity index (χ0) is 22.8. The van der Waals surface area contributed by atoms with E-state index in [1.165, 1.54) is 5.56 Å². The molecule has 3 unspecified atom stereocenters. The van der Waals surface area contributed by atoms with Gasteiger partial charge in [0.1, 0.15) is 5.75 Å². The minimum Gasteiger partial charge on any atom is -0.497 e. The van der Waals surface area contributed by atoms with Crippen molar-refractivity contribution in [3.63, 3.8) is 0 Å². The number of sulfonamides is 1. The fourth-order valence-corrected chi connectivity index (χ4v) is 6.03. The Kier molecular flexibility index (Phi) is 5.96. The molecule has 0 bridgehead atoms. The molecule has 5 rings (SSSR count). The van der Waals surface area contributed by atoms with Gasteiger partial charge in [0.15, 0.2) is 0 Å². The fourth-order valence-electron chi connectivity index (χ4n) is 4.96. The van der Waals surface area contributed by atoms with Gasteiger partial charge in [0.2, 0.25) is 10.0 Å². The van der Waals surface area contributed by atoms with Gasteiger partial charge in [-0.25, -0.2) is 13.1 Å². The molecule has 5 nitrogen and oxygen atoms in total. The zero-order valence-electron chi connectivity index (χ0n) is 18.6. The Hall–Kier alpha value is -3.09. The van der Waals surface area contributed by atoms with Crippen LogP contribution in [0.2, 0.25) is 0 Å². The molecular formula is C27H28N2O3S. The van der Waals surface area contributed by atoms with Crippen LogP contribution < -0.4 is 14.8 Å². The number of hydrogen-bond donors (Lipinski definition) is 2. The molecular weight excluding hydrogens is 432 g/mol. The molecule has 0 saturated carbocycles. The molecule has 0 fully saturated rings. The number of methoxy groups -OCH3 is 1. The molecule has 3 atom stereocenters. The van der Waals surface area contributed by atoms with Crippen LogP contribution in [-0.2, 0) is 16.4 Å². The first-order valence-electron chi connectivity index (χ1n) is 11.3. The molecule has 170 valence electrons. The lowest BCUT2D eigenvalue weighted by Crippen LogP contribution is -2.30. The molecule has 0 saturated heterocycles. The third-order valence-electron chi connectivity index (χ3n) is 6.65. The summed E-state index contributed by atoms with van der Waals surface area (Å²) in [4.78, 5) is 0.315. The smallest absolute Gasteiger partial charge is 0.240 e. The summed E-state index contributed by atoms with van der Waals surface area (Å²) in [6.45, 7) is 0.367. The highest BCUT2D eigenvalue weighted by Crippen LogP contribution is 2.50. The van der Waals surface area contributed by atoms with Crippen LogP contribution in [0.25, 0.3) is 0 Å². The number of nitrogens with one attached hydrogen (secondary N) is 2. The van der Waals surface area contributed by atoms with Gasteiger partial charge in [-0.1, -0.05) is 54.6 Å². The molecule has 6 heteroatoms. The van der Waals surface area contributed by atoms with Crippen LogP contribution in [-0.4, -0.2) is 22.1 Å². The van der Waals surface area contributed by atoms with E-state index in [4.69, 9.17) is 4.74 Å². The van der Waals surface area contributed by atoms with Gasteiger partial charge in [-0.3, -0.25) is 0 Å². The zero-order valence-corrected chi connectivity index (χ0v) is 19.4. The van der Waals surface area contributed by atoms with E-state index in [1.54, 1.807) is 13.2 Å². The lowest BCUT2D eigenvalue weighted by atomic mass is 9.77. The number of benzene rings is 3. The maximum Gasteiger partial charge on any atom is 0.240 e.